The lowest BCUT2D eigenvalue weighted by atomic mass is 10.4. The molecule has 5 heteroatoms. The fraction of sp³-hybridized carbons (Fsp3) is 0.154. The first kappa shape index (κ1) is 11.3. The van der Waals surface area contributed by atoms with Crippen LogP contribution in [0.15, 0.2) is 46.5 Å². The average molecular weight is 259 g/mol. The van der Waals surface area contributed by atoms with Crippen LogP contribution < -0.4 is 5.73 Å². The summed E-state index contributed by atoms with van der Waals surface area (Å²) in [5.41, 5.74) is 5.53. The van der Waals surface area contributed by atoms with Gasteiger partial charge >= 0.3 is 0 Å². The van der Waals surface area contributed by atoms with Crippen molar-refractivity contribution >= 4 is 11.3 Å². The highest BCUT2D eigenvalue weighted by molar-refractivity contribution is 7.13. The molecular formula is C13H13N3OS. The molecule has 0 unspecified atom stereocenters. The topological polar surface area (TPSA) is 57.0 Å². The van der Waals surface area contributed by atoms with Crippen molar-refractivity contribution in [3.63, 3.8) is 0 Å². The minimum atomic E-state index is 0.432. The average Bonchev–Trinajstić information content (AvgIpc) is 3.09. The highest BCUT2D eigenvalue weighted by Crippen LogP contribution is 2.23. The molecule has 4 nitrogen and oxygen atoms in total. The molecule has 0 aliphatic rings. The summed E-state index contributed by atoms with van der Waals surface area (Å²) in [5.74, 6) is 2.67. The quantitative estimate of drug-likeness (QED) is 0.783. The summed E-state index contributed by atoms with van der Waals surface area (Å²) in [5, 5.41) is 2.05. The molecule has 0 aliphatic carbocycles. The van der Waals surface area contributed by atoms with E-state index >= 15 is 0 Å². The van der Waals surface area contributed by atoms with Crippen LogP contribution in [-0.2, 0) is 13.1 Å². The molecule has 3 aromatic heterocycles. The van der Waals surface area contributed by atoms with Gasteiger partial charge in [-0.1, -0.05) is 6.07 Å². The van der Waals surface area contributed by atoms with Gasteiger partial charge in [0.05, 0.1) is 18.0 Å². The Bertz CT molecular complexity index is 624. The molecule has 18 heavy (non-hydrogen) atoms. The van der Waals surface area contributed by atoms with Gasteiger partial charge in [0.15, 0.2) is 0 Å². The molecule has 2 N–H and O–H groups in total. The van der Waals surface area contributed by atoms with Crippen LogP contribution in [0.2, 0.25) is 0 Å². The molecule has 0 amide bonds. The van der Waals surface area contributed by atoms with Crippen molar-refractivity contribution in [1.82, 2.24) is 9.55 Å². The third kappa shape index (κ3) is 2.10. The number of imidazole rings is 1. The van der Waals surface area contributed by atoms with E-state index in [1.807, 2.05) is 36.0 Å². The Labute approximate surface area is 109 Å². The lowest BCUT2D eigenvalue weighted by Crippen LogP contribution is -1.99. The van der Waals surface area contributed by atoms with Gasteiger partial charge in [0, 0.05) is 12.4 Å². The Balaban J connectivity index is 1.87. The minimum absolute atomic E-state index is 0.432. The fourth-order valence-corrected chi connectivity index (χ4v) is 2.59. The Hall–Kier alpha value is -1.85. The van der Waals surface area contributed by atoms with Crippen LogP contribution in [0.5, 0.6) is 0 Å². The molecule has 0 radical (unpaired) electrons. The van der Waals surface area contributed by atoms with Crippen molar-refractivity contribution in [3.8, 4) is 10.7 Å². The van der Waals surface area contributed by atoms with Crippen LogP contribution in [0.1, 0.15) is 11.5 Å². The maximum Gasteiger partial charge on any atom is 0.150 e. The third-order valence-electron chi connectivity index (χ3n) is 2.70. The lowest BCUT2D eigenvalue weighted by molar-refractivity contribution is 0.456. The minimum Gasteiger partial charge on any atom is -0.463 e. The number of hydrogen-bond donors (Lipinski definition) is 1. The maximum atomic E-state index is 5.61. The van der Waals surface area contributed by atoms with E-state index in [2.05, 4.69) is 15.6 Å². The second-order valence-electron chi connectivity index (χ2n) is 3.93. The SMILES string of the molecule is NCc1ccc(Cn2ccnc2-c2cccs2)o1. The molecule has 92 valence electrons. The largest absolute Gasteiger partial charge is 0.463 e. The molecule has 0 fully saturated rings. The van der Waals surface area contributed by atoms with Crippen molar-refractivity contribution in [2.24, 2.45) is 5.73 Å². The maximum absolute atomic E-state index is 5.61. The molecule has 3 heterocycles. The molecule has 0 aliphatic heterocycles. The van der Waals surface area contributed by atoms with E-state index in [1.54, 1.807) is 11.3 Å². The van der Waals surface area contributed by atoms with Crippen molar-refractivity contribution in [2.75, 3.05) is 0 Å². The summed E-state index contributed by atoms with van der Waals surface area (Å²) in [6, 6.07) is 7.97. The summed E-state index contributed by atoms with van der Waals surface area (Å²) < 4.78 is 7.68. The lowest BCUT2D eigenvalue weighted by Gasteiger charge is -2.04. The zero-order chi connectivity index (χ0) is 12.4. The van der Waals surface area contributed by atoms with Crippen molar-refractivity contribution in [2.45, 2.75) is 13.1 Å². The normalized spacial score (nSPS) is 10.9. The zero-order valence-corrected chi connectivity index (χ0v) is 10.6. The highest BCUT2D eigenvalue weighted by Gasteiger charge is 2.09. The van der Waals surface area contributed by atoms with Gasteiger partial charge in [-0.3, -0.25) is 0 Å². The van der Waals surface area contributed by atoms with E-state index in [4.69, 9.17) is 10.2 Å². The third-order valence-corrected chi connectivity index (χ3v) is 3.57. The highest BCUT2D eigenvalue weighted by atomic mass is 32.1. The van der Waals surface area contributed by atoms with Gasteiger partial charge in [-0.25, -0.2) is 4.98 Å². The summed E-state index contributed by atoms with van der Waals surface area (Å²) >= 11 is 1.68. The van der Waals surface area contributed by atoms with Gasteiger partial charge in [-0.05, 0) is 23.6 Å². The molecular weight excluding hydrogens is 246 g/mol. The Morgan fingerprint density at radius 3 is 2.89 bits per heavy atom. The van der Waals surface area contributed by atoms with Gasteiger partial charge in [0.1, 0.15) is 17.3 Å². The number of rotatable bonds is 4. The molecule has 3 aromatic rings. The fourth-order valence-electron chi connectivity index (χ4n) is 1.85. The molecule has 0 spiro atoms. The second-order valence-corrected chi connectivity index (χ2v) is 4.88. The van der Waals surface area contributed by atoms with Crippen LogP contribution in [0.3, 0.4) is 0 Å². The van der Waals surface area contributed by atoms with Gasteiger partial charge in [-0.15, -0.1) is 11.3 Å². The summed E-state index contributed by atoms with van der Waals surface area (Å²) in [6.45, 7) is 1.11. The van der Waals surface area contributed by atoms with Crippen LogP contribution in [0.25, 0.3) is 10.7 Å². The smallest absolute Gasteiger partial charge is 0.150 e. The Morgan fingerprint density at radius 2 is 2.17 bits per heavy atom. The molecule has 0 saturated heterocycles. The number of furan rings is 1. The Morgan fingerprint density at radius 1 is 1.28 bits per heavy atom. The summed E-state index contributed by atoms with van der Waals surface area (Å²) in [7, 11) is 0. The van der Waals surface area contributed by atoms with Gasteiger partial charge in [0.2, 0.25) is 0 Å². The molecule has 0 aromatic carbocycles. The predicted octanol–water partition coefficient (Wildman–Crippen LogP) is 2.71. The monoisotopic (exact) mass is 259 g/mol. The van der Waals surface area contributed by atoms with Gasteiger partial charge in [0.25, 0.3) is 0 Å². The molecule has 0 atom stereocenters. The summed E-state index contributed by atoms with van der Waals surface area (Å²) in [6.07, 6.45) is 3.77. The summed E-state index contributed by atoms with van der Waals surface area (Å²) in [4.78, 5) is 5.55. The van der Waals surface area contributed by atoms with Gasteiger partial charge < -0.3 is 14.7 Å². The number of nitrogens with two attached hydrogens (primary N) is 1. The standard InChI is InChI=1S/C13H13N3OS/c14-8-10-3-4-11(17-10)9-16-6-5-15-13(16)12-2-1-7-18-12/h1-7H,8-9,14H2. The van der Waals surface area contributed by atoms with E-state index in [-0.39, 0.29) is 0 Å². The number of aromatic nitrogens is 2. The number of hydrogen-bond acceptors (Lipinski definition) is 4. The van der Waals surface area contributed by atoms with Gasteiger partial charge in [-0.2, -0.15) is 0 Å². The van der Waals surface area contributed by atoms with E-state index in [0.29, 0.717) is 13.1 Å². The number of thiophene rings is 1. The van der Waals surface area contributed by atoms with E-state index in [9.17, 15) is 0 Å². The second kappa shape index (κ2) is 4.80. The van der Waals surface area contributed by atoms with E-state index in [1.165, 1.54) is 0 Å². The molecule has 0 saturated carbocycles. The van der Waals surface area contributed by atoms with E-state index < -0.39 is 0 Å². The van der Waals surface area contributed by atoms with E-state index in [0.717, 1.165) is 22.2 Å². The van der Waals surface area contributed by atoms with Crippen molar-refractivity contribution < 1.29 is 4.42 Å². The van der Waals surface area contributed by atoms with Crippen LogP contribution in [-0.4, -0.2) is 9.55 Å². The zero-order valence-electron chi connectivity index (χ0n) is 9.74. The van der Waals surface area contributed by atoms with Crippen LogP contribution >= 0.6 is 11.3 Å². The first-order valence-electron chi connectivity index (χ1n) is 5.69. The first-order chi connectivity index (χ1) is 8.86. The number of nitrogens with zero attached hydrogens (tertiary/aromatic N) is 2. The Kier molecular flexibility index (Phi) is 3.00. The predicted molar refractivity (Wildman–Crippen MR) is 71.2 cm³/mol. The van der Waals surface area contributed by atoms with Crippen molar-refractivity contribution in [3.05, 3.63) is 53.6 Å². The molecule has 0 bridgehead atoms. The van der Waals surface area contributed by atoms with Crippen LogP contribution in [0, 0.1) is 0 Å². The first-order valence-corrected chi connectivity index (χ1v) is 6.57. The molecule has 3 rings (SSSR count). The van der Waals surface area contributed by atoms with Crippen molar-refractivity contribution in [1.29, 1.82) is 0 Å². The van der Waals surface area contributed by atoms with Crippen LogP contribution in [0.4, 0.5) is 0 Å².